The number of amides is 1. The number of hydrogen-bond donors (Lipinski definition) is 1. The van der Waals surface area contributed by atoms with Gasteiger partial charge in [0.25, 0.3) is 0 Å². The lowest BCUT2D eigenvalue weighted by Crippen LogP contribution is -2.33. The van der Waals surface area contributed by atoms with Crippen LogP contribution in [0.3, 0.4) is 0 Å². The second-order valence-corrected chi connectivity index (χ2v) is 14.4. The van der Waals surface area contributed by atoms with Gasteiger partial charge in [0.15, 0.2) is 34.5 Å². The number of esters is 3. The number of Topliss-reactive ketones (excluding diaryl/α,β-unsaturated/α-hetero) is 2. The van der Waals surface area contributed by atoms with Crippen molar-refractivity contribution in [1.82, 2.24) is 5.32 Å². The maximum Gasteiger partial charge on any atom is 0.340 e. The number of rotatable bonds is 10. The topological polar surface area (TPSA) is 151 Å². The number of ether oxygens (including phenoxy) is 4. The van der Waals surface area contributed by atoms with Crippen molar-refractivity contribution in [1.29, 1.82) is 0 Å². The Kier molecular flexibility index (Phi) is 10.3. The highest BCUT2D eigenvalue weighted by Crippen LogP contribution is 2.58. The molecule has 5 aromatic rings. The summed E-state index contributed by atoms with van der Waals surface area (Å²) in [4.78, 5) is 77.3. The first kappa shape index (κ1) is 39.4. The first-order chi connectivity index (χ1) is 28.8. The van der Waals surface area contributed by atoms with E-state index in [1.54, 1.807) is 0 Å². The smallest absolute Gasteiger partial charge is 0.340 e. The summed E-state index contributed by atoms with van der Waals surface area (Å²) in [5.41, 5.74) is 1.15. The first-order valence-electron chi connectivity index (χ1n) is 18.9. The maximum absolute atomic E-state index is 15.5. The Morgan fingerprint density at radius 2 is 1.40 bits per heavy atom. The summed E-state index contributed by atoms with van der Waals surface area (Å²) in [6.07, 6.45) is 0.151. The summed E-state index contributed by atoms with van der Waals surface area (Å²) >= 11 is 0. The summed E-state index contributed by atoms with van der Waals surface area (Å²) in [5, 5.41) is 2.74. The van der Waals surface area contributed by atoms with E-state index in [4.69, 9.17) is 18.9 Å². The van der Waals surface area contributed by atoms with E-state index in [-0.39, 0.29) is 76.7 Å². The molecule has 0 saturated heterocycles. The summed E-state index contributed by atoms with van der Waals surface area (Å²) in [6, 6.07) is 23.2. The molecule has 8 rings (SSSR count). The van der Waals surface area contributed by atoms with Crippen molar-refractivity contribution < 1.29 is 56.5 Å². The molecule has 0 fully saturated rings. The highest BCUT2D eigenvalue weighted by Gasteiger charge is 2.55. The minimum absolute atomic E-state index is 0.00123. The van der Waals surface area contributed by atoms with E-state index in [9.17, 15) is 28.8 Å². The standard InChI is InChI=1S/C47H33F2NO10/c1-25(51)57-43-23-41-35(20-37(43)48)47(36-21-38(49)44(58-26(2)52)24-42(36)59-41)34-19-30(15-16-32(34)46(56)60-47)39(53)12-7-17-50-45(55)22-40(54)33-18-29-10-4-3-8-27(29)13-14-28-9-5-6-11-31(28)33/h3-6,8-11,15-16,19-21,23-24,33H,7,12,17-18,22H2,1-2H3,(H,50,55). The average molecular weight is 810 g/mol. The third-order valence-corrected chi connectivity index (χ3v) is 10.5. The van der Waals surface area contributed by atoms with Gasteiger partial charge in [0.05, 0.1) is 23.1 Å². The van der Waals surface area contributed by atoms with Crippen LogP contribution in [-0.2, 0) is 35.9 Å². The Labute approximate surface area is 341 Å². The molecule has 3 aliphatic rings. The van der Waals surface area contributed by atoms with Crippen molar-refractivity contribution in [3.63, 3.8) is 0 Å². The van der Waals surface area contributed by atoms with Crippen LogP contribution in [0.5, 0.6) is 23.0 Å². The molecule has 0 saturated carbocycles. The molecule has 60 heavy (non-hydrogen) atoms. The Balaban J connectivity index is 1.01. The SMILES string of the molecule is CC(=O)Oc1cc2c(cc1F)C1(OC(=O)c3ccc(C(=O)CCCNC(=O)CC(=O)C4Cc5ccccc5C#Cc5ccccc54)cc31)c1cc(F)c(OC(C)=O)cc1O2. The fourth-order valence-electron chi connectivity index (χ4n) is 7.81. The third kappa shape index (κ3) is 7.28. The molecule has 0 bridgehead atoms. The molecule has 300 valence electrons. The monoisotopic (exact) mass is 809 g/mol. The first-order valence-corrected chi connectivity index (χ1v) is 18.9. The molecule has 11 nitrogen and oxygen atoms in total. The number of nitrogens with one attached hydrogen (secondary N) is 1. The maximum atomic E-state index is 15.5. The van der Waals surface area contributed by atoms with E-state index < -0.39 is 58.5 Å². The van der Waals surface area contributed by atoms with Crippen LogP contribution >= 0.6 is 0 Å². The van der Waals surface area contributed by atoms with Crippen molar-refractivity contribution >= 4 is 35.4 Å². The van der Waals surface area contributed by atoms with Crippen LogP contribution < -0.4 is 19.5 Å². The molecule has 0 radical (unpaired) electrons. The lowest BCUT2D eigenvalue weighted by molar-refractivity contribution is -0.133. The molecular weight excluding hydrogens is 777 g/mol. The molecule has 5 aromatic carbocycles. The number of carbonyl (C=O) groups excluding carboxylic acids is 6. The zero-order valence-electron chi connectivity index (χ0n) is 32.1. The molecule has 1 spiro atoms. The van der Waals surface area contributed by atoms with Gasteiger partial charge in [-0.15, -0.1) is 0 Å². The lowest BCUT2D eigenvalue weighted by Gasteiger charge is -2.37. The minimum atomic E-state index is -2.07. The second-order valence-electron chi connectivity index (χ2n) is 14.4. The van der Waals surface area contributed by atoms with Gasteiger partial charge in [-0.05, 0) is 60.4 Å². The molecule has 13 heteroatoms. The highest BCUT2D eigenvalue weighted by molar-refractivity contribution is 6.02. The molecule has 2 heterocycles. The number of benzene rings is 5. The van der Waals surface area contributed by atoms with E-state index in [1.165, 1.54) is 18.2 Å². The molecule has 1 amide bonds. The highest BCUT2D eigenvalue weighted by atomic mass is 19.1. The van der Waals surface area contributed by atoms with Crippen LogP contribution in [-0.4, -0.2) is 41.9 Å². The van der Waals surface area contributed by atoms with Gasteiger partial charge in [-0.25, -0.2) is 13.6 Å². The van der Waals surface area contributed by atoms with Gasteiger partial charge in [-0.1, -0.05) is 54.3 Å². The van der Waals surface area contributed by atoms with Crippen LogP contribution in [0.25, 0.3) is 0 Å². The zero-order valence-corrected chi connectivity index (χ0v) is 32.1. The minimum Gasteiger partial charge on any atom is -0.456 e. The van der Waals surface area contributed by atoms with Crippen molar-refractivity contribution in [2.45, 2.75) is 51.0 Å². The van der Waals surface area contributed by atoms with Crippen LogP contribution in [0.4, 0.5) is 8.78 Å². The third-order valence-electron chi connectivity index (χ3n) is 10.5. The number of ketones is 2. The van der Waals surface area contributed by atoms with Crippen LogP contribution in [0.15, 0.2) is 91.0 Å². The van der Waals surface area contributed by atoms with Crippen LogP contribution in [0.2, 0.25) is 0 Å². The summed E-state index contributed by atoms with van der Waals surface area (Å²) in [5.74, 6) is -1.23. The van der Waals surface area contributed by atoms with Crippen molar-refractivity contribution in [3.05, 3.63) is 153 Å². The Bertz CT molecular complexity index is 2690. The van der Waals surface area contributed by atoms with Crippen molar-refractivity contribution in [2.75, 3.05) is 6.54 Å². The Morgan fingerprint density at radius 1 is 0.783 bits per heavy atom. The van der Waals surface area contributed by atoms with Gasteiger partial charge in [-0.3, -0.25) is 24.0 Å². The molecule has 1 unspecified atom stereocenters. The number of fused-ring (bicyclic) bond motifs is 8. The normalized spacial score (nSPS) is 14.8. The molecular formula is C47H33F2NO10. The Hall–Kier alpha value is -7.46. The number of carbonyl (C=O) groups is 6. The van der Waals surface area contributed by atoms with Gasteiger partial charge in [0.2, 0.25) is 5.91 Å². The van der Waals surface area contributed by atoms with Crippen molar-refractivity contribution in [3.8, 4) is 34.8 Å². The van der Waals surface area contributed by atoms with Gasteiger partial charge >= 0.3 is 17.9 Å². The van der Waals surface area contributed by atoms with E-state index in [1.807, 2.05) is 48.5 Å². The summed E-state index contributed by atoms with van der Waals surface area (Å²) in [7, 11) is 0. The Morgan fingerprint density at radius 3 is 2.07 bits per heavy atom. The number of halogens is 2. The fourth-order valence-corrected chi connectivity index (χ4v) is 7.81. The zero-order chi connectivity index (χ0) is 42.3. The predicted octanol–water partition coefficient (Wildman–Crippen LogP) is 7.16. The predicted molar refractivity (Wildman–Crippen MR) is 209 cm³/mol. The quantitative estimate of drug-likeness (QED) is 0.0384. The van der Waals surface area contributed by atoms with Gasteiger partial charge in [-0.2, -0.15) is 0 Å². The molecule has 1 N–H and O–H groups in total. The van der Waals surface area contributed by atoms with Crippen LogP contribution in [0.1, 0.15) is 98.7 Å². The summed E-state index contributed by atoms with van der Waals surface area (Å²) < 4.78 is 53.1. The molecule has 2 aliphatic heterocycles. The number of hydrogen-bond acceptors (Lipinski definition) is 10. The molecule has 1 aliphatic carbocycles. The van der Waals surface area contributed by atoms with Gasteiger partial charge in [0.1, 0.15) is 17.3 Å². The molecule has 0 aromatic heterocycles. The lowest BCUT2D eigenvalue weighted by atomic mass is 9.77. The van der Waals surface area contributed by atoms with Crippen LogP contribution in [0, 0.1) is 23.5 Å². The largest absolute Gasteiger partial charge is 0.456 e. The molecule has 1 atom stereocenters. The van der Waals surface area contributed by atoms with Crippen molar-refractivity contribution in [2.24, 2.45) is 0 Å². The summed E-state index contributed by atoms with van der Waals surface area (Å²) in [6.45, 7) is 2.22. The average Bonchev–Trinajstić information content (AvgIpc) is 3.49. The van der Waals surface area contributed by atoms with E-state index in [0.717, 1.165) is 60.4 Å². The van der Waals surface area contributed by atoms with Gasteiger partial charge < -0.3 is 24.3 Å². The fraction of sp³-hybridized carbons (Fsp3) is 0.191. The second kappa shape index (κ2) is 15.7. The van der Waals surface area contributed by atoms with E-state index >= 15 is 8.78 Å². The van der Waals surface area contributed by atoms with E-state index in [0.29, 0.717) is 6.42 Å². The van der Waals surface area contributed by atoms with Gasteiger partial charge in [0, 0.05) is 67.1 Å². The van der Waals surface area contributed by atoms with E-state index in [2.05, 4.69) is 17.2 Å².